The highest BCUT2D eigenvalue weighted by molar-refractivity contribution is 7.16. The van der Waals surface area contributed by atoms with Crippen LogP contribution in [0.25, 0.3) is 11.3 Å². The molecule has 0 bridgehead atoms. The molecule has 31 heavy (non-hydrogen) atoms. The number of benzene rings is 2. The zero-order chi connectivity index (χ0) is 22.0. The molecule has 3 aromatic rings. The van der Waals surface area contributed by atoms with Crippen LogP contribution in [0.5, 0.6) is 11.5 Å². The number of rotatable bonds is 6. The fourth-order valence-corrected chi connectivity index (χ4v) is 4.22. The maximum absolute atomic E-state index is 12.7. The van der Waals surface area contributed by atoms with Crippen LogP contribution in [-0.4, -0.2) is 37.1 Å². The van der Waals surface area contributed by atoms with Gasteiger partial charge < -0.3 is 14.4 Å². The second-order valence-corrected chi connectivity index (χ2v) is 8.05. The van der Waals surface area contributed by atoms with Gasteiger partial charge >= 0.3 is 0 Å². The van der Waals surface area contributed by atoms with Crippen molar-refractivity contribution in [3.05, 3.63) is 65.6 Å². The highest BCUT2D eigenvalue weighted by atomic mass is 32.1. The lowest BCUT2D eigenvalue weighted by atomic mass is 10.1. The summed E-state index contributed by atoms with van der Waals surface area (Å²) in [6.45, 7) is 6.08. The third-order valence-electron chi connectivity index (χ3n) is 4.86. The number of carbonyl (C=O) groups is 2. The molecule has 1 aliphatic heterocycles. The number of para-hydroxylation sites is 1. The highest BCUT2D eigenvalue weighted by Crippen LogP contribution is 2.38. The number of amides is 2. The molecule has 158 valence electrons. The van der Waals surface area contributed by atoms with E-state index in [1.165, 1.54) is 18.4 Å². The first kappa shape index (κ1) is 20.6. The third kappa shape index (κ3) is 4.02. The van der Waals surface area contributed by atoms with Crippen LogP contribution in [0.15, 0.2) is 55.1 Å². The van der Waals surface area contributed by atoms with Crippen LogP contribution in [0.1, 0.15) is 15.2 Å². The topological polar surface area (TPSA) is 80.8 Å². The van der Waals surface area contributed by atoms with E-state index in [4.69, 9.17) is 9.47 Å². The maximum atomic E-state index is 12.7. The van der Waals surface area contributed by atoms with Gasteiger partial charge in [-0.05, 0) is 37.3 Å². The summed E-state index contributed by atoms with van der Waals surface area (Å²) in [7, 11) is 1.53. The van der Waals surface area contributed by atoms with E-state index in [1.807, 2.05) is 31.2 Å². The molecule has 0 spiro atoms. The number of thiazole rings is 1. The lowest BCUT2D eigenvalue weighted by Gasteiger charge is -2.28. The Morgan fingerprint density at radius 1 is 1.35 bits per heavy atom. The number of aryl methyl sites for hydroxylation is 1. The molecule has 2 heterocycles. The van der Waals surface area contributed by atoms with Gasteiger partial charge in [0.05, 0.1) is 24.1 Å². The SMILES string of the molecule is C=CCN1C(=O)COc2ccc(-c3nc(NC(=O)c4ccccc4OC)sc3C)cc21. The first-order chi connectivity index (χ1) is 15.0. The average Bonchev–Trinajstić information content (AvgIpc) is 3.15. The molecule has 0 aliphatic carbocycles. The van der Waals surface area contributed by atoms with Gasteiger partial charge in [0, 0.05) is 17.0 Å². The van der Waals surface area contributed by atoms with Crippen molar-refractivity contribution in [2.24, 2.45) is 0 Å². The van der Waals surface area contributed by atoms with Crippen LogP contribution < -0.4 is 19.7 Å². The van der Waals surface area contributed by atoms with E-state index >= 15 is 0 Å². The third-order valence-corrected chi connectivity index (χ3v) is 5.74. The second-order valence-electron chi connectivity index (χ2n) is 6.84. The van der Waals surface area contributed by atoms with Crippen molar-refractivity contribution in [3.8, 4) is 22.8 Å². The lowest BCUT2D eigenvalue weighted by molar-refractivity contribution is -0.121. The van der Waals surface area contributed by atoms with E-state index in [1.54, 1.807) is 29.2 Å². The first-order valence-corrected chi connectivity index (χ1v) is 10.4. The van der Waals surface area contributed by atoms with Gasteiger partial charge in [0.25, 0.3) is 11.8 Å². The van der Waals surface area contributed by atoms with Crippen LogP contribution in [-0.2, 0) is 4.79 Å². The summed E-state index contributed by atoms with van der Waals surface area (Å²) in [6, 6.07) is 12.6. The Morgan fingerprint density at radius 2 is 2.16 bits per heavy atom. The monoisotopic (exact) mass is 435 g/mol. The number of ether oxygens (including phenoxy) is 2. The highest BCUT2D eigenvalue weighted by Gasteiger charge is 2.25. The molecular weight excluding hydrogens is 414 g/mol. The number of aromatic nitrogens is 1. The number of nitrogens with one attached hydrogen (secondary N) is 1. The van der Waals surface area contributed by atoms with E-state index in [-0.39, 0.29) is 18.4 Å². The van der Waals surface area contributed by atoms with Crippen molar-refractivity contribution in [1.82, 2.24) is 4.98 Å². The van der Waals surface area contributed by atoms with Gasteiger partial charge in [-0.2, -0.15) is 0 Å². The Hall–Kier alpha value is -3.65. The predicted molar refractivity (Wildman–Crippen MR) is 121 cm³/mol. The molecule has 0 atom stereocenters. The van der Waals surface area contributed by atoms with Crippen LogP contribution in [0, 0.1) is 6.92 Å². The number of hydrogen-bond acceptors (Lipinski definition) is 6. The van der Waals surface area contributed by atoms with E-state index < -0.39 is 0 Å². The van der Waals surface area contributed by atoms with Crippen LogP contribution >= 0.6 is 11.3 Å². The summed E-state index contributed by atoms with van der Waals surface area (Å²) < 4.78 is 10.8. The van der Waals surface area contributed by atoms with E-state index in [0.717, 1.165) is 16.1 Å². The van der Waals surface area contributed by atoms with Crippen LogP contribution in [0.4, 0.5) is 10.8 Å². The molecule has 4 rings (SSSR count). The summed E-state index contributed by atoms with van der Waals surface area (Å²) in [5.74, 6) is 0.724. The first-order valence-electron chi connectivity index (χ1n) is 9.62. The fourth-order valence-electron chi connectivity index (χ4n) is 3.39. The zero-order valence-corrected chi connectivity index (χ0v) is 18.0. The van der Waals surface area contributed by atoms with Gasteiger partial charge in [-0.15, -0.1) is 17.9 Å². The fraction of sp³-hybridized carbons (Fsp3) is 0.174. The average molecular weight is 436 g/mol. The van der Waals surface area contributed by atoms with E-state index in [2.05, 4.69) is 16.9 Å². The van der Waals surface area contributed by atoms with Crippen LogP contribution in [0.2, 0.25) is 0 Å². The minimum absolute atomic E-state index is 0.00897. The number of methoxy groups -OCH3 is 1. The Bertz CT molecular complexity index is 1170. The van der Waals surface area contributed by atoms with Gasteiger partial charge in [0.2, 0.25) is 0 Å². The molecule has 0 unspecified atom stereocenters. The van der Waals surface area contributed by atoms with Crippen molar-refractivity contribution < 1.29 is 19.1 Å². The van der Waals surface area contributed by atoms with Crippen molar-refractivity contribution in [1.29, 1.82) is 0 Å². The van der Waals surface area contributed by atoms with Crippen molar-refractivity contribution in [3.63, 3.8) is 0 Å². The molecule has 0 radical (unpaired) electrons. The van der Waals surface area contributed by atoms with Gasteiger partial charge in [0.1, 0.15) is 11.5 Å². The molecule has 2 amide bonds. The van der Waals surface area contributed by atoms with E-state index in [0.29, 0.717) is 34.4 Å². The maximum Gasteiger partial charge on any atom is 0.265 e. The summed E-state index contributed by atoms with van der Waals surface area (Å²) >= 11 is 1.38. The minimum Gasteiger partial charge on any atom is -0.496 e. The van der Waals surface area contributed by atoms with E-state index in [9.17, 15) is 9.59 Å². The largest absolute Gasteiger partial charge is 0.496 e. The molecule has 0 saturated heterocycles. The normalized spacial score (nSPS) is 12.7. The summed E-state index contributed by atoms with van der Waals surface area (Å²) in [4.78, 5) is 32.2. The van der Waals surface area contributed by atoms with Crippen molar-refractivity contribution >= 4 is 34.0 Å². The summed E-state index contributed by atoms with van der Waals surface area (Å²) in [5.41, 5.74) is 2.68. The molecule has 1 N–H and O–H groups in total. The van der Waals surface area contributed by atoms with Gasteiger partial charge in [0.15, 0.2) is 11.7 Å². The van der Waals surface area contributed by atoms with Gasteiger partial charge in [-0.1, -0.05) is 18.2 Å². The Kier molecular flexibility index (Phi) is 5.73. The zero-order valence-electron chi connectivity index (χ0n) is 17.2. The molecule has 8 heteroatoms. The number of hydrogen-bond donors (Lipinski definition) is 1. The molecule has 7 nitrogen and oxygen atoms in total. The Balaban J connectivity index is 1.63. The number of nitrogens with zero attached hydrogens (tertiary/aromatic N) is 2. The predicted octanol–water partition coefficient (Wildman–Crippen LogP) is 4.29. The standard InChI is InChI=1S/C23H21N3O4S/c1-4-11-26-17-12-15(9-10-19(17)30-13-20(26)27)21-14(2)31-23(24-21)25-22(28)16-7-5-6-8-18(16)29-3/h4-10,12H,1,11,13H2,2-3H3,(H,24,25,28). The number of anilines is 2. The molecular formula is C23H21N3O4S. The number of fused-ring (bicyclic) bond motifs is 1. The molecule has 1 aliphatic rings. The Morgan fingerprint density at radius 3 is 2.94 bits per heavy atom. The molecule has 0 saturated carbocycles. The molecule has 2 aromatic carbocycles. The summed E-state index contributed by atoms with van der Waals surface area (Å²) in [6.07, 6.45) is 1.68. The lowest BCUT2D eigenvalue weighted by Crippen LogP contribution is -2.38. The van der Waals surface area contributed by atoms with Crippen molar-refractivity contribution in [2.45, 2.75) is 6.92 Å². The number of carbonyl (C=O) groups excluding carboxylic acids is 2. The van der Waals surface area contributed by atoms with Gasteiger partial charge in [-0.25, -0.2) is 4.98 Å². The molecule has 1 aromatic heterocycles. The smallest absolute Gasteiger partial charge is 0.265 e. The Labute approximate surface area is 183 Å². The second kappa shape index (κ2) is 8.61. The van der Waals surface area contributed by atoms with Crippen LogP contribution in [0.3, 0.4) is 0 Å². The quantitative estimate of drug-likeness (QED) is 0.584. The summed E-state index contributed by atoms with van der Waals surface area (Å²) in [5, 5.41) is 3.33. The van der Waals surface area contributed by atoms with Crippen molar-refractivity contribution in [2.75, 3.05) is 30.5 Å². The van der Waals surface area contributed by atoms with Gasteiger partial charge in [-0.3, -0.25) is 14.9 Å². The minimum atomic E-state index is -0.292. The molecule has 0 fully saturated rings.